The maximum Gasteiger partial charge on any atom is 0.252 e. The predicted octanol–water partition coefficient (Wildman–Crippen LogP) is 1.08. The number of carbonyl (C=O) groups is 1. The molecule has 1 rings (SSSR count). The summed E-state index contributed by atoms with van der Waals surface area (Å²) in [4.78, 5) is 12.0. The Balaban J connectivity index is 2.48. The van der Waals surface area contributed by atoms with Gasteiger partial charge >= 0.3 is 0 Å². The molecule has 0 aromatic rings. The molecule has 1 amide bonds. The van der Waals surface area contributed by atoms with Gasteiger partial charge in [0.05, 0.1) is 12.6 Å². The lowest BCUT2D eigenvalue weighted by molar-refractivity contribution is -0.140. The van der Waals surface area contributed by atoms with Crippen molar-refractivity contribution in [2.45, 2.75) is 51.7 Å². The molecule has 0 saturated carbocycles. The normalized spacial score (nSPS) is 27.1. The standard InChI is InChI=1S/C12H23NO3/c1-9(2)7-10(8-14)13-11(15)12(3)5-4-6-16-12/h9-10,14H,4-8H2,1-3H3,(H,13,15). The molecule has 1 heterocycles. The first kappa shape index (κ1) is 13.5. The zero-order valence-electron chi connectivity index (χ0n) is 10.5. The second-order valence-corrected chi connectivity index (χ2v) is 5.17. The Morgan fingerprint density at radius 3 is 2.69 bits per heavy atom. The number of ether oxygens (including phenoxy) is 1. The van der Waals surface area contributed by atoms with E-state index in [4.69, 9.17) is 4.74 Å². The number of rotatable bonds is 5. The van der Waals surface area contributed by atoms with Crippen LogP contribution in [0.15, 0.2) is 0 Å². The van der Waals surface area contributed by atoms with Gasteiger partial charge in [-0.2, -0.15) is 0 Å². The van der Waals surface area contributed by atoms with E-state index in [1.165, 1.54) is 0 Å². The van der Waals surface area contributed by atoms with Gasteiger partial charge < -0.3 is 15.2 Å². The molecule has 16 heavy (non-hydrogen) atoms. The summed E-state index contributed by atoms with van der Waals surface area (Å²) in [6.07, 6.45) is 2.48. The summed E-state index contributed by atoms with van der Waals surface area (Å²) in [6, 6.07) is -0.159. The van der Waals surface area contributed by atoms with E-state index in [0.29, 0.717) is 12.5 Å². The van der Waals surface area contributed by atoms with Crippen molar-refractivity contribution in [3.8, 4) is 0 Å². The Kier molecular flexibility index (Phi) is 4.74. The summed E-state index contributed by atoms with van der Waals surface area (Å²) in [5.41, 5.74) is -0.690. The average molecular weight is 229 g/mol. The number of carbonyl (C=O) groups excluding carboxylic acids is 1. The van der Waals surface area contributed by atoms with Gasteiger partial charge in [0.1, 0.15) is 5.60 Å². The molecule has 2 N–H and O–H groups in total. The molecule has 94 valence electrons. The molecule has 2 atom stereocenters. The minimum Gasteiger partial charge on any atom is -0.394 e. The van der Waals surface area contributed by atoms with Gasteiger partial charge in [-0.1, -0.05) is 13.8 Å². The Morgan fingerprint density at radius 2 is 2.25 bits per heavy atom. The van der Waals surface area contributed by atoms with Crippen LogP contribution in [0, 0.1) is 5.92 Å². The largest absolute Gasteiger partial charge is 0.394 e. The fourth-order valence-corrected chi connectivity index (χ4v) is 2.04. The van der Waals surface area contributed by atoms with Gasteiger partial charge in [0.15, 0.2) is 0 Å². The quantitative estimate of drug-likeness (QED) is 0.741. The molecule has 1 fully saturated rings. The summed E-state index contributed by atoms with van der Waals surface area (Å²) in [5, 5.41) is 12.1. The van der Waals surface area contributed by atoms with Gasteiger partial charge in [0, 0.05) is 6.61 Å². The van der Waals surface area contributed by atoms with Crippen LogP contribution in [-0.2, 0) is 9.53 Å². The topological polar surface area (TPSA) is 58.6 Å². The van der Waals surface area contributed by atoms with E-state index in [0.717, 1.165) is 19.3 Å². The fourth-order valence-electron chi connectivity index (χ4n) is 2.04. The van der Waals surface area contributed by atoms with E-state index >= 15 is 0 Å². The third-order valence-electron chi connectivity index (χ3n) is 3.01. The molecule has 1 aliphatic heterocycles. The van der Waals surface area contributed by atoms with Crippen molar-refractivity contribution in [3.05, 3.63) is 0 Å². The summed E-state index contributed by atoms with van der Waals surface area (Å²) in [5.74, 6) is 0.361. The maximum atomic E-state index is 12.0. The van der Waals surface area contributed by atoms with Crippen molar-refractivity contribution in [2.75, 3.05) is 13.2 Å². The number of aliphatic hydroxyl groups excluding tert-OH is 1. The van der Waals surface area contributed by atoms with Crippen LogP contribution in [0.3, 0.4) is 0 Å². The van der Waals surface area contributed by atoms with Gasteiger partial charge in [-0.3, -0.25) is 4.79 Å². The number of hydrogen-bond donors (Lipinski definition) is 2. The van der Waals surface area contributed by atoms with Crippen molar-refractivity contribution in [3.63, 3.8) is 0 Å². The smallest absolute Gasteiger partial charge is 0.252 e. The lowest BCUT2D eigenvalue weighted by atomic mass is 9.99. The second kappa shape index (κ2) is 5.64. The van der Waals surface area contributed by atoms with Crippen LogP contribution in [-0.4, -0.2) is 35.9 Å². The molecule has 0 aromatic heterocycles. The van der Waals surface area contributed by atoms with Crippen molar-refractivity contribution >= 4 is 5.91 Å². The van der Waals surface area contributed by atoms with Crippen LogP contribution in [0.4, 0.5) is 0 Å². The summed E-state index contributed by atoms with van der Waals surface area (Å²) >= 11 is 0. The van der Waals surface area contributed by atoms with Crippen LogP contribution in [0.2, 0.25) is 0 Å². The molecular formula is C12H23NO3. The highest BCUT2D eigenvalue weighted by molar-refractivity contribution is 5.85. The monoisotopic (exact) mass is 229 g/mol. The number of aliphatic hydroxyl groups is 1. The Bertz CT molecular complexity index is 234. The Hall–Kier alpha value is -0.610. The minimum absolute atomic E-state index is 0.0139. The number of amides is 1. The molecule has 0 aliphatic carbocycles. The molecule has 4 nitrogen and oxygen atoms in total. The fraction of sp³-hybridized carbons (Fsp3) is 0.917. The average Bonchev–Trinajstić information content (AvgIpc) is 2.64. The van der Waals surface area contributed by atoms with Gasteiger partial charge in [-0.05, 0) is 32.1 Å². The highest BCUT2D eigenvalue weighted by Gasteiger charge is 2.38. The second-order valence-electron chi connectivity index (χ2n) is 5.17. The summed E-state index contributed by atoms with van der Waals surface area (Å²) < 4.78 is 5.46. The van der Waals surface area contributed by atoms with E-state index in [1.807, 2.05) is 6.92 Å². The zero-order valence-corrected chi connectivity index (χ0v) is 10.5. The van der Waals surface area contributed by atoms with Gasteiger partial charge in [-0.15, -0.1) is 0 Å². The van der Waals surface area contributed by atoms with E-state index in [1.54, 1.807) is 0 Å². The third-order valence-corrected chi connectivity index (χ3v) is 3.01. The minimum atomic E-state index is -0.690. The number of nitrogens with one attached hydrogen (secondary N) is 1. The third kappa shape index (κ3) is 3.46. The van der Waals surface area contributed by atoms with Crippen molar-refractivity contribution in [2.24, 2.45) is 5.92 Å². The Labute approximate surface area is 97.4 Å². The maximum absolute atomic E-state index is 12.0. The van der Waals surface area contributed by atoms with Crippen molar-refractivity contribution in [1.82, 2.24) is 5.32 Å². The molecule has 0 radical (unpaired) electrons. The van der Waals surface area contributed by atoms with Crippen LogP contribution in [0.25, 0.3) is 0 Å². The molecule has 2 unspecified atom stereocenters. The van der Waals surface area contributed by atoms with Crippen LogP contribution in [0.5, 0.6) is 0 Å². The van der Waals surface area contributed by atoms with Crippen molar-refractivity contribution < 1.29 is 14.6 Å². The number of hydrogen-bond acceptors (Lipinski definition) is 3. The first-order chi connectivity index (χ1) is 7.48. The highest BCUT2D eigenvalue weighted by Crippen LogP contribution is 2.25. The molecule has 4 heteroatoms. The lowest BCUT2D eigenvalue weighted by Crippen LogP contribution is -2.49. The molecule has 0 aromatic carbocycles. The van der Waals surface area contributed by atoms with Gasteiger partial charge in [0.2, 0.25) is 0 Å². The first-order valence-corrected chi connectivity index (χ1v) is 6.03. The predicted molar refractivity (Wildman–Crippen MR) is 62.1 cm³/mol. The summed E-state index contributed by atoms with van der Waals surface area (Å²) in [7, 11) is 0. The van der Waals surface area contributed by atoms with E-state index in [9.17, 15) is 9.90 Å². The highest BCUT2D eigenvalue weighted by atomic mass is 16.5. The molecular weight excluding hydrogens is 206 g/mol. The first-order valence-electron chi connectivity index (χ1n) is 6.03. The molecule has 0 spiro atoms. The van der Waals surface area contributed by atoms with Gasteiger partial charge in [-0.25, -0.2) is 0 Å². The van der Waals surface area contributed by atoms with Crippen LogP contribution >= 0.6 is 0 Å². The molecule has 1 aliphatic rings. The lowest BCUT2D eigenvalue weighted by Gasteiger charge is -2.26. The molecule has 1 saturated heterocycles. The molecule has 0 bridgehead atoms. The van der Waals surface area contributed by atoms with Crippen molar-refractivity contribution in [1.29, 1.82) is 0 Å². The Morgan fingerprint density at radius 1 is 1.56 bits per heavy atom. The van der Waals surface area contributed by atoms with Gasteiger partial charge in [0.25, 0.3) is 5.91 Å². The van der Waals surface area contributed by atoms with Crippen LogP contribution < -0.4 is 5.32 Å². The SMILES string of the molecule is CC(C)CC(CO)NC(=O)C1(C)CCCO1. The van der Waals surface area contributed by atoms with E-state index < -0.39 is 5.60 Å². The zero-order chi connectivity index (χ0) is 12.2. The van der Waals surface area contributed by atoms with Crippen LogP contribution in [0.1, 0.15) is 40.0 Å². The van der Waals surface area contributed by atoms with E-state index in [2.05, 4.69) is 19.2 Å². The summed E-state index contributed by atoms with van der Waals surface area (Å²) in [6.45, 7) is 6.60. The van der Waals surface area contributed by atoms with E-state index in [-0.39, 0.29) is 18.6 Å².